The lowest BCUT2D eigenvalue weighted by Gasteiger charge is -2.31. The van der Waals surface area contributed by atoms with E-state index in [2.05, 4.69) is 53.6 Å². The minimum Gasteiger partial charge on any atom is -0.388 e. The molecule has 0 spiro atoms. The van der Waals surface area contributed by atoms with Gasteiger partial charge in [-0.3, -0.25) is 4.99 Å². The lowest BCUT2D eigenvalue weighted by molar-refractivity contribution is 0.0131. The molecule has 158 valence electrons. The number of aliphatic hydroxyl groups is 1. The molecule has 2 aliphatic rings. The summed E-state index contributed by atoms with van der Waals surface area (Å²) in [6.45, 7) is 7.85. The van der Waals surface area contributed by atoms with Crippen LogP contribution in [0.15, 0.2) is 29.3 Å². The molecule has 3 rings (SSSR count). The standard InChI is InChI=1S/C22H36N4O.HI/c1-3-23-21(24-17-22(27)12-5-4-6-13-22)25-18(2)19-10-9-11-20(16-19)26-14-7-8-15-26;/h9-11,16,18,27H,3-8,12-15,17H2,1-2H3,(H2,23,24,25);1H. The molecule has 2 fully saturated rings. The Kier molecular flexibility index (Phi) is 9.34. The van der Waals surface area contributed by atoms with Crippen LogP contribution in [-0.4, -0.2) is 42.8 Å². The van der Waals surface area contributed by atoms with E-state index in [4.69, 9.17) is 4.99 Å². The molecule has 1 unspecified atom stereocenters. The van der Waals surface area contributed by atoms with Gasteiger partial charge in [0, 0.05) is 25.3 Å². The van der Waals surface area contributed by atoms with Gasteiger partial charge >= 0.3 is 0 Å². The van der Waals surface area contributed by atoms with Crippen molar-refractivity contribution in [2.75, 3.05) is 31.1 Å². The third-order valence-electron chi connectivity index (χ3n) is 5.85. The van der Waals surface area contributed by atoms with Crippen molar-refractivity contribution >= 4 is 35.6 Å². The summed E-state index contributed by atoms with van der Waals surface area (Å²) in [5.74, 6) is 0.788. The Morgan fingerprint density at radius 3 is 2.57 bits per heavy atom. The first kappa shape index (κ1) is 23.3. The minimum absolute atomic E-state index is 0. The molecule has 1 aromatic rings. The van der Waals surface area contributed by atoms with Gasteiger partial charge in [-0.1, -0.05) is 31.4 Å². The van der Waals surface area contributed by atoms with Crippen molar-refractivity contribution in [3.8, 4) is 0 Å². The summed E-state index contributed by atoms with van der Waals surface area (Å²) in [6, 6.07) is 8.98. The molecule has 1 saturated heterocycles. The van der Waals surface area contributed by atoms with E-state index in [1.54, 1.807) is 0 Å². The molecule has 0 amide bonds. The Labute approximate surface area is 187 Å². The van der Waals surface area contributed by atoms with Crippen molar-refractivity contribution in [3.63, 3.8) is 0 Å². The number of aliphatic imine (C=N–C) groups is 1. The average Bonchev–Trinajstić information content (AvgIpc) is 3.22. The third-order valence-corrected chi connectivity index (χ3v) is 5.85. The average molecular weight is 500 g/mol. The van der Waals surface area contributed by atoms with Crippen LogP contribution in [0.2, 0.25) is 0 Å². The first-order valence-electron chi connectivity index (χ1n) is 10.7. The van der Waals surface area contributed by atoms with E-state index < -0.39 is 5.60 Å². The van der Waals surface area contributed by atoms with Crippen LogP contribution < -0.4 is 15.5 Å². The number of anilines is 1. The van der Waals surface area contributed by atoms with Crippen molar-refractivity contribution in [3.05, 3.63) is 29.8 Å². The number of nitrogens with one attached hydrogen (secondary N) is 2. The van der Waals surface area contributed by atoms with Gasteiger partial charge in [0.2, 0.25) is 0 Å². The Bertz CT molecular complexity index is 625. The lowest BCUT2D eigenvalue weighted by Crippen LogP contribution is -2.41. The molecular weight excluding hydrogens is 463 g/mol. The second-order valence-corrected chi connectivity index (χ2v) is 8.14. The fourth-order valence-corrected chi connectivity index (χ4v) is 4.17. The zero-order valence-electron chi connectivity index (χ0n) is 17.4. The number of rotatable bonds is 6. The van der Waals surface area contributed by atoms with E-state index >= 15 is 0 Å². The van der Waals surface area contributed by atoms with E-state index in [1.165, 1.54) is 30.5 Å². The van der Waals surface area contributed by atoms with Crippen LogP contribution in [0.3, 0.4) is 0 Å². The Morgan fingerprint density at radius 2 is 1.89 bits per heavy atom. The fraction of sp³-hybridized carbons (Fsp3) is 0.682. The van der Waals surface area contributed by atoms with Crippen LogP contribution in [0, 0.1) is 0 Å². The van der Waals surface area contributed by atoms with E-state index in [0.717, 1.165) is 51.3 Å². The Hall–Kier alpha value is -1.02. The maximum atomic E-state index is 10.7. The molecule has 1 aliphatic carbocycles. The van der Waals surface area contributed by atoms with Crippen LogP contribution in [0.5, 0.6) is 0 Å². The van der Waals surface area contributed by atoms with Crippen LogP contribution >= 0.6 is 24.0 Å². The molecule has 3 N–H and O–H groups in total. The Morgan fingerprint density at radius 1 is 1.18 bits per heavy atom. The van der Waals surface area contributed by atoms with Gasteiger partial charge in [-0.25, -0.2) is 0 Å². The zero-order chi connectivity index (χ0) is 19.1. The summed E-state index contributed by atoms with van der Waals surface area (Å²) in [5, 5.41) is 17.6. The molecule has 1 saturated carbocycles. The van der Waals surface area contributed by atoms with Crippen molar-refractivity contribution in [2.45, 2.75) is 70.4 Å². The Balaban J connectivity index is 0.00000280. The van der Waals surface area contributed by atoms with Gasteiger partial charge in [0.25, 0.3) is 0 Å². The van der Waals surface area contributed by atoms with E-state index in [1.807, 2.05) is 0 Å². The highest BCUT2D eigenvalue weighted by atomic mass is 127. The molecule has 1 atom stereocenters. The summed E-state index contributed by atoms with van der Waals surface area (Å²) >= 11 is 0. The van der Waals surface area contributed by atoms with Crippen LogP contribution in [0.25, 0.3) is 0 Å². The highest BCUT2D eigenvalue weighted by molar-refractivity contribution is 14.0. The second-order valence-electron chi connectivity index (χ2n) is 8.14. The maximum absolute atomic E-state index is 10.7. The quantitative estimate of drug-likeness (QED) is 0.311. The van der Waals surface area contributed by atoms with E-state index in [-0.39, 0.29) is 30.0 Å². The van der Waals surface area contributed by atoms with Gasteiger partial charge in [0.05, 0.1) is 18.2 Å². The third kappa shape index (κ3) is 6.51. The summed E-state index contributed by atoms with van der Waals surface area (Å²) in [5.41, 5.74) is 1.96. The number of hydrogen-bond donors (Lipinski definition) is 3. The number of guanidine groups is 1. The molecule has 28 heavy (non-hydrogen) atoms. The predicted octanol–water partition coefficient (Wildman–Crippen LogP) is 4.22. The number of nitrogens with zero attached hydrogens (tertiary/aromatic N) is 2. The molecule has 1 aliphatic heterocycles. The number of benzene rings is 1. The number of hydrogen-bond acceptors (Lipinski definition) is 3. The van der Waals surface area contributed by atoms with E-state index in [9.17, 15) is 5.11 Å². The van der Waals surface area contributed by atoms with Crippen LogP contribution in [-0.2, 0) is 0 Å². The van der Waals surface area contributed by atoms with Gasteiger partial charge in [-0.15, -0.1) is 24.0 Å². The summed E-state index contributed by atoms with van der Waals surface area (Å²) in [6.07, 6.45) is 7.75. The van der Waals surface area contributed by atoms with Crippen molar-refractivity contribution in [1.82, 2.24) is 10.6 Å². The maximum Gasteiger partial charge on any atom is 0.191 e. The first-order valence-corrected chi connectivity index (χ1v) is 10.7. The zero-order valence-corrected chi connectivity index (χ0v) is 19.7. The molecule has 1 heterocycles. The van der Waals surface area contributed by atoms with Gasteiger partial charge < -0.3 is 20.6 Å². The monoisotopic (exact) mass is 500 g/mol. The van der Waals surface area contributed by atoms with Crippen molar-refractivity contribution in [2.24, 2.45) is 4.99 Å². The molecule has 5 nitrogen and oxygen atoms in total. The highest BCUT2D eigenvalue weighted by Gasteiger charge is 2.29. The topological polar surface area (TPSA) is 59.9 Å². The summed E-state index contributed by atoms with van der Waals surface area (Å²) < 4.78 is 0. The fourth-order valence-electron chi connectivity index (χ4n) is 4.17. The van der Waals surface area contributed by atoms with Gasteiger partial charge in [0.15, 0.2) is 5.96 Å². The van der Waals surface area contributed by atoms with E-state index in [0.29, 0.717) is 6.54 Å². The predicted molar refractivity (Wildman–Crippen MR) is 129 cm³/mol. The molecule has 0 bridgehead atoms. The van der Waals surface area contributed by atoms with Crippen LogP contribution in [0.4, 0.5) is 5.69 Å². The number of halogens is 1. The molecular formula is C22H37IN4O. The largest absolute Gasteiger partial charge is 0.388 e. The minimum atomic E-state index is -0.625. The molecule has 1 aromatic carbocycles. The second kappa shape index (κ2) is 11.2. The van der Waals surface area contributed by atoms with Gasteiger partial charge in [-0.2, -0.15) is 0 Å². The molecule has 0 aromatic heterocycles. The smallest absolute Gasteiger partial charge is 0.191 e. The van der Waals surface area contributed by atoms with Crippen molar-refractivity contribution < 1.29 is 5.11 Å². The van der Waals surface area contributed by atoms with Crippen LogP contribution in [0.1, 0.15) is 70.4 Å². The summed E-state index contributed by atoms with van der Waals surface area (Å²) in [4.78, 5) is 7.17. The summed E-state index contributed by atoms with van der Waals surface area (Å²) in [7, 11) is 0. The first-order chi connectivity index (χ1) is 13.1. The molecule has 0 radical (unpaired) electrons. The SMILES string of the molecule is CCNC(=NCC1(O)CCCCC1)NC(C)c1cccc(N2CCCC2)c1.I. The normalized spacial score (nSPS) is 20.4. The lowest BCUT2D eigenvalue weighted by atomic mass is 9.85. The highest BCUT2D eigenvalue weighted by Crippen LogP contribution is 2.28. The van der Waals surface area contributed by atoms with Gasteiger partial charge in [-0.05, 0) is 57.2 Å². The molecule has 6 heteroatoms. The van der Waals surface area contributed by atoms with Crippen molar-refractivity contribution in [1.29, 1.82) is 0 Å². The van der Waals surface area contributed by atoms with Gasteiger partial charge in [0.1, 0.15) is 0 Å².